The molecule has 2 aromatic carbocycles. The molecule has 10 heteroatoms. The van der Waals surface area contributed by atoms with E-state index in [1.54, 1.807) is 18.2 Å². The molecule has 1 fully saturated rings. The van der Waals surface area contributed by atoms with Crippen LogP contribution in [0.3, 0.4) is 0 Å². The number of carbonyl (C=O) groups is 1. The van der Waals surface area contributed by atoms with Crippen LogP contribution in [0.15, 0.2) is 41.3 Å². The van der Waals surface area contributed by atoms with Crippen LogP contribution in [0.25, 0.3) is 0 Å². The van der Waals surface area contributed by atoms with Gasteiger partial charge in [0.15, 0.2) is 0 Å². The Morgan fingerprint density at radius 1 is 1.17 bits per heavy atom. The van der Waals surface area contributed by atoms with Gasteiger partial charge < -0.3 is 10.1 Å². The van der Waals surface area contributed by atoms with Crippen LogP contribution in [0.1, 0.15) is 12.8 Å². The lowest BCUT2D eigenvalue weighted by molar-refractivity contribution is -0.120. The van der Waals surface area contributed by atoms with Gasteiger partial charge in [-0.1, -0.05) is 23.2 Å². The maximum atomic E-state index is 13.6. The number of piperidine rings is 1. The second kappa shape index (κ2) is 8.87. The number of amides is 1. The molecule has 0 saturated carbocycles. The van der Waals surface area contributed by atoms with Gasteiger partial charge in [0.2, 0.25) is 15.9 Å². The van der Waals surface area contributed by atoms with Crippen LogP contribution >= 0.6 is 23.2 Å². The number of sulfonamides is 1. The molecule has 0 atom stereocenters. The molecule has 156 valence electrons. The van der Waals surface area contributed by atoms with Crippen molar-refractivity contribution in [2.75, 3.05) is 25.5 Å². The Morgan fingerprint density at radius 3 is 2.52 bits per heavy atom. The summed E-state index contributed by atoms with van der Waals surface area (Å²) >= 11 is 12.0. The van der Waals surface area contributed by atoms with Gasteiger partial charge in [0.1, 0.15) is 16.5 Å². The zero-order valence-corrected chi connectivity index (χ0v) is 17.8. The Morgan fingerprint density at radius 2 is 1.86 bits per heavy atom. The van der Waals surface area contributed by atoms with Crippen molar-refractivity contribution in [2.45, 2.75) is 17.7 Å². The Bertz CT molecular complexity index is 1020. The first-order valence-corrected chi connectivity index (χ1v) is 11.0. The summed E-state index contributed by atoms with van der Waals surface area (Å²) in [6.07, 6.45) is 0.641. The number of benzene rings is 2. The van der Waals surface area contributed by atoms with Gasteiger partial charge in [-0.15, -0.1) is 0 Å². The normalized spacial score (nSPS) is 15.9. The van der Waals surface area contributed by atoms with Crippen LogP contribution in [0.5, 0.6) is 5.75 Å². The lowest BCUT2D eigenvalue weighted by atomic mass is 9.97. The van der Waals surface area contributed by atoms with Crippen molar-refractivity contribution in [2.24, 2.45) is 5.92 Å². The Labute approximate surface area is 178 Å². The third-order valence-electron chi connectivity index (χ3n) is 4.75. The van der Waals surface area contributed by atoms with E-state index in [2.05, 4.69) is 5.32 Å². The number of nitrogens with zero attached hydrogens (tertiary/aromatic N) is 1. The zero-order chi connectivity index (χ0) is 21.2. The van der Waals surface area contributed by atoms with Crippen molar-refractivity contribution in [1.82, 2.24) is 4.31 Å². The molecule has 0 aliphatic carbocycles. The van der Waals surface area contributed by atoms with Crippen molar-refractivity contribution in [3.63, 3.8) is 0 Å². The first kappa shape index (κ1) is 21.8. The number of hydrogen-bond donors (Lipinski definition) is 1. The topological polar surface area (TPSA) is 75.7 Å². The second-order valence-electron chi connectivity index (χ2n) is 6.59. The fraction of sp³-hybridized carbons (Fsp3) is 0.316. The number of rotatable bonds is 5. The summed E-state index contributed by atoms with van der Waals surface area (Å²) in [7, 11) is -2.63. The summed E-state index contributed by atoms with van der Waals surface area (Å²) in [5, 5.41) is 3.54. The fourth-order valence-electron chi connectivity index (χ4n) is 3.18. The summed E-state index contributed by atoms with van der Waals surface area (Å²) in [5.74, 6) is -1.24. The van der Waals surface area contributed by atoms with Crippen molar-refractivity contribution in [3.8, 4) is 5.75 Å². The monoisotopic (exact) mass is 460 g/mol. The largest absolute Gasteiger partial charge is 0.495 e. The van der Waals surface area contributed by atoms with Gasteiger partial charge >= 0.3 is 0 Å². The molecule has 0 radical (unpaired) electrons. The Kier molecular flexibility index (Phi) is 6.68. The van der Waals surface area contributed by atoms with Crippen LogP contribution in [-0.2, 0) is 14.8 Å². The number of nitrogens with one attached hydrogen (secondary N) is 1. The van der Waals surface area contributed by atoms with E-state index in [0.717, 1.165) is 12.1 Å². The summed E-state index contributed by atoms with van der Waals surface area (Å²) in [6.45, 7) is 0.257. The van der Waals surface area contributed by atoms with Gasteiger partial charge in [-0.2, -0.15) is 4.31 Å². The van der Waals surface area contributed by atoms with E-state index < -0.39 is 15.8 Å². The van der Waals surface area contributed by atoms with Gasteiger partial charge in [0, 0.05) is 24.0 Å². The quantitative estimate of drug-likeness (QED) is 0.725. The van der Waals surface area contributed by atoms with Crippen LogP contribution < -0.4 is 10.1 Å². The van der Waals surface area contributed by atoms with E-state index >= 15 is 0 Å². The highest BCUT2D eigenvalue weighted by molar-refractivity contribution is 7.89. The highest BCUT2D eigenvalue weighted by Crippen LogP contribution is 2.31. The lowest BCUT2D eigenvalue weighted by Gasteiger charge is -2.31. The minimum Gasteiger partial charge on any atom is -0.495 e. The van der Waals surface area contributed by atoms with E-state index in [1.807, 2.05) is 0 Å². The molecule has 6 nitrogen and oxygen atoms in total. The number of hydrogen-bond acceptors (Lipinski definition) is 4. The van der Waals surface area contributed by atoms with Gasteiger partial charge in [0.25, 0.3) is 0 Å². The molecular formula is C19H19Cl2FN2O4S. The number of ether oxygens (including phenoxy) is 1. The molecule has 0 unspecified atom stereocenters. The third-order valence-corrected chi connectivity index (χ3v) is 7.24. The number of halogens is 3. The second-order valence-corrected chi connectivity index (χ2v) is 9.34. The molecule has 0 spiro atoms. The zero-order valence-electron chi connectivity index (χ0n) is 15.5. The lowest BCUT2D eigenvalue weighted by Crippen LogP contribution is -2.41. The van der Waals surface area contributed by atoms with E-state index in [-0.39, 0.29) is 35.6 Å². The summed E-state index contributed by atoms with van der Waals surface area (Å²) < 4.78 is 45.7. The van der Waals surface area contributed by atoms with Gasteiger partial charge in [-0.05, 0) is 49.2 Å². The molecule has 29 heavy (non-hydrogen) atoms. The molecular weight excluding hydrogens is 442 g/mol. The maximum Gasteiger partial charge on any atom is 0.246 e. The van der Waals surface area contributed by atoms with Crippen LogP contribution in [0, 0.1) is 11.7 Å². The highest BCUT2D eigenvalue weighted by Gasteiger charge is 2.34. The molecule has 1 amide bonds. The van der Waals surface area contributed by atoms with E-state index in [4.69, 9.17) is 27.9 Å². The third kappa shape index (κ3) is 4.83. The molecule has 3 rings (SSSR count). The fourth-order valence-corrected chi connectivity index (χ4v) is 5.15. The molecule has 1 N–H and O–H groups in total. The molecule has 1 aliphatic rings. The minimum absolute atomic E-state index is 0.0712. The molecule has 1 heterocycles. The number of methoxy groups -OCH3 is 1. The SMILES string of the molecule is COc1ccc(F)cc1S(=O)(=O)N1CCC(C(=O)Nc2cc(Cl)ccc2Cl)CC1. The van der Waals surface area contributed by atoms with E-state index in [1.165, 1.54) is 17.5 Å². The van der Waals surface area contributed by atoms with Crippen LogP contribution in [-0.4, -0.2) is 38.8 Å². The number of carbonyl (C=O) groups excluding carboxylic acids is 1. The molecule has 1 aliphatic heterocycles. The first-order valence-electron chi connectivity index (χ1n) is 8.82. The first-order chi connectivity index (χ1) is 13.7. The smallest absolute Gasteiger partial charge is 0.246 e. The van der Waals surface area contributed by atoms with Crippen LogP contribution in [0.2, 0.25) is 10.0 Å². The molecule has 1 saturated heterocycles. The van der Waals surface area contributed by atoms with Gasteiger partial charge in [-0.3, -0.25) is 4.79 Å². The van der Waals surface area contributed by atoms with Crippen molar-refractivity contribution in [3.05, 3.63) is 52.3 Å². The number of anilines is 1. The summed E-state index contributed by atoms with van der Waals surface area (Å²) in [4.78, 5) is 12.3. The van der Waals surface area contributed by atoms with Gasteiger partial charge in [-0.25, -0.2) is 12.8 Å². The highest BCUT2D eigenvalue weighted by atomic mass is 35.5. The maximum absolute atomic E-state index is 13.6. The summed E-state index contributed by atoms with van der Waals surface area (Å²) in [6, 6.07) is 8.10. The average molecular weight is 461 g/mol. The van der Waals surface area contributed by atoms with Crippen molar-refractivity contribution in [1.29, 1.82) is 0 Å². The van der Waals surface area contributed by atoms with Crippen LogP contribution in [0.4, 0.5) is 10.1 Å². The Hall–Kier alpha value is -1.87. The van der Waals surface area contributed by atoms with Crippen molar-refractivity contribution >= 4 is 44.8 Å². The molecule has 0 aromatic heterocycles. The summed E-state index contributed by atoms with van der Waals surface area (Å²) in [5.41, 5.74) is 0.406. The molecule has 2 aromatic rings. The Balaban J connectivity index is 1.69. The molecule has 0 bridgehead atoms. The van der Waals surface area contributed by atoms with E-state index in [9.17, 15) is 17.6 Å². The van der Waals surface area contributed by atoms with Gasteiger partial charge in [0.05, 0.1) is 17.8 Å². The predicted molar refractivity (Wildman–Crippen MR) is 110 cm³/mol. The minimum atomic E-state index is -3.95. The standard InChI is InChI=1S/C19H19Cl2FN2O4S/c1-28-17-5-3-14(22)11-18(17)29(26,27)24-8-6-12(7-9-24)19(25)23-16-10-13(20)2-4-15(16)21/h2-5,10-12H,6-9H2,1H3,(H,23,25). The van der Waals surface area contributed by atoms with Crippen molar-refractivity contribution < 1.29 is 22.3 Å². The van der Waals surface area contributed by atoms with E-state index in [0.29, 0.717) is 28.6 Å². The predicted octanol–water partition coefficient (Wildman–Crippen LogP) is 4.18. The average Bonchev–Trinajstić information content (AvgIpc) is 2.70.